The Bertz CT molecular complexity index is 657. The number of halogens is 1. The van der Waals surface area contributed by atoms with Crippen molar-refractivity contribution in [3.05, 3.63) is 47.5 Å². The van der Waals surface area contributed by atoms with Gasteiger partial charge in [0.1, 0.15) is 0 Å². The predicted molar refractivity (Wildman–Crippen MR) is 80.4 cm³/mol. The summed E-state index contributed by atoms with van der Waals surface area (Å²) in [5, 5.41) is 11.4. The molecule has 1 heterocycles. The fourth-order valence-corrected chi connectivity index (χ4v) is 2.38. The number of likely N-dealkylation sites (tertiary alicyclic amines) is 1. The Labute approximate surface area is 132 Å². The van der Waals surface area contributed by atoms with Crippen LogP contribution in [0.3, 0.4) is 0 Å². The molecule has 1 aliphatic rings. The normalized spacial score (nSPS) is 21.3. The number of amides is 2. The van der Waals surface area contributed by atoms with Gasteiger partial charge in [0.2, 0.25) is 6.30 Å². The number of β-lactam (4-membered cyclic amide) rings is 1. The first-order chi connectivity index (χ1) is 10.7. The Balaban J connectivity index is 2.08. The van der Waals surface area contributed by atoms with Gasteiger partial charge in [-0.25, -0.2) is 9.18 Å². The predicted octanol–water partition coefficient (Wildman–Crippen LogP) is 1.26. The maximum atomic E-state index is 14.2. The van der Waals surface area contributed by atoms with Gasteiger partial charge in [-0.15, -0.1) is 0 Å². The number of aryl methyl sites for hydroxylation is 1. The Morgan fingerprint density at radius 2 is 1.91 bits per heavy atom. The molecule has 2 rings (SSSR count). The van der Waals surface area contributed by atoms with E-state index < -0.39 is 36.2 Å². The van der Waals surface area contributed by atoms with E-state index in [1.165, 1.54) is 6.92 Å². The molecule has 1 saturated heterocycles. The third kappa shape index (κ3) is 3.08. The van der Waals surface area contributed by atoms with Crippen LogP contribution in [0, 0.1) is 6.92 Å². The number of nitrogens with one attached hydrogen (secondary N) is 1. The third-order valence-electron chi connectivity index (χ3n) is 3.64. The summed E-state index contributed by atoms with van der Waals surface area (Å²) in [5.41, 5.74) is 1.39. The van der Waals surface area contributed by atoms with Crippen molar-refractivity contribution in [3.63, 3.8) is 0 Å². The number of carboxylic acid groups (broad SMARTS) is 1. The van der Waals surface area contributed by atoms with Crippen LogP contribution in [0.4, 0.5) is 4.39 Å². The molecule has 23 heavy (non-hydrogen) atoms. The SMILES string of the molecule is C=C(C)C(C(=O)O)N1C(=O)C(NC(=O)c2ccc(C)cc2)C1F. The Kier molecular flexibility index (Phi) is 4.49. The average molecular weight is 320 g/mol. The average Bonchev–Trinajstić information content (AvgIpc) is 2.49. The number of benzene rings is 1. The summed E-state index contributed by atoms with van der Waals surface area (Å²) in [7, 11) is 0. The standard InChI is InChI=1S/C16H17FN2O4/c1-8(2)12(16(22)23)19-13(17)11(15(19)21)18-14(20)10-6-4-9(3)5-7-10/h4-7,11-13H,1H2,2-3H3,(H,18,20)(H,22,23). The lowest BCUT2D eigenvalue weighted by atomic mass is 9.98. The van der Waals surface area contributed by atoms with Crippen LogP contribution in [0.2, 0.25) is 0 Å². The zero-order chi connectivity index (χ0) is 17.3. The fraction of sp³-hybridized carbons (Fsp3) is 0.312. The molecule has 0 aromatic heterocycles. The van der Waals surface area contributed by atoms with Gasteiger partial charge in [-0.1, -0.05) is 24.3 Å². The maximum absolute atomic E-state index is 14.2. The van der Waals surface area contributed by atoms with E-state index >= 15 is 0 Å². The van der Waals surface area contributed by atoms with E-state index in [-0.39, 0.29) is 5.57 Å². The number of rotatable bonds is 5. The van der Waals surface area contributed by atoms with Crippen LogP contribution in [0.15, 0.2) is 36.4 Å². The number of aliphatic carboxylic acids is 1. The first-order valence-corrected chi connectivity index (χ1v) is 6.96. The topological polar surface area (TPSA) is 86.7 Å². The number of carbonyl (C=O) groups excluding carboxylic acids is 2. The van der Waals surface area contributed by atoms with Gasteiger partial charge >= 0.3 is 5.97 Å². The molecule has 122 valence electrons. The summed E-state index contributed by atoms with van der Waals surface area (Å²) in [5.74, 6) is -2.74. The minimum atomic E-state index is -1.91. The number of hydrogen-bond acceptors (Lipinski definition) is 3. The van der Waals surface area contributed by atoms with E-state index in [4.69, 9.17) is 5.11 Å². The van der Waals surface area contributed by atoms with E-state index in [1.807, 2.05) is 6.92 Å². The van der Waals surface area contributed by atoms with E-state index in [2.05, 4.69) is 11.9 Å². The molecule has 1 aromatic carbocycles. The zero-order valence-corrected chi connectivity index (χ0v) is 12.7. The molecule has 0 aliphatic carbocycles. The second-order valence-corrected chi connectivity index (χ2v) is 5.52. The summed E-state index contributed by atoms with van der Waals surface area (Å²) in [6.45, 7) is 6.72. The lowest BCUT2D eigenvalue weighted by Gasteiger charge is -2.45. The van der Waals surface area contributed by atoms with Gasteiger partial charge < -0.3 is 10.4 Å². The van der Waals surface area contributed by atoms with Crippen LogP contribution in [-0.4, -0.2) is 46.2 Å². The van der Waals surface area contributed by atoms with Crippen LogP contribution < -0.4 is 5.32 Å². The number of hydrogen-bond donors (Lipinski definition) is 2. The van der Waals surface area contributed by atoms with Gasteiger partial charge in [-0.05, 0) is 31.6 Å². The molecule has 0 saturated carbocycles. The monoisotopic (exact) mass is 320 g/mol. The second kappa shape index (κ2) is 6.20. The smallest absolute Gasteiger partial charge is 0.330 e. The van der Waals surface area contributed by atoms with Crippen LogP contribution >= 0.6 is 0 Å². The molecular weight excluding hydrogens is 303 g/mol. The highest BCUT2D eigenvalue weighted by molar-refractivity contribution is 6.01. The molecule has 3 unspecified atom stereocenters. The lowest BCUT2D eigenvalue weighted by molar-refractivity contribution is -0.172. The zero-order valence-electron chi connectivity index (χ0n) is 12.7. The van der Waals surface area contributed by atoms with Gasteiger partial charge in [-0.3, -0.25) is 14.5 Å². The molecule has 0 spiro atoms. The summed E-state index contributed by atoms with van der Waals surface area (Å²) in [6, 6.07) is 3.74. The maximum Gasteiger partial charge on any atom is 0.330 e. The second-order valence-electron chi connectivity index (χ2n) is 5.52. The largest absolute Gasteiger partial charge is 0.479 e. The highest BCUT2D eigenvalue weighted by Gasteiger charge is 2.54. The van der Waals surface area contributed by atoms with Crippen molar-refractivity contribution in [1.29, 1.82) is 0 Å². The van der Waals surface area contributed by atoms with Crippen molar-refractivity contribution in [2.24, 2.45) is 0 Å². The first kappa shape index (κ1) is 16.7. The van der Waals surface area contributed by atoms with Crippen molar-refractivity contribution in [2.75, 3.05) is 0 Å². The van der Waals surface area contributed by atoms with Crippen LogP contribution in [0.1, 0.15) is 22.8 Å². The summed E-state index contributed by atoms with van der Waals surface area (Å²) >= 11 is 0. The highest BCUT2D eigenvalue weighted by atomic mass is 19.1. The Morgan fingerprint density at radius 1 is 1.35 bits per heavy atom. The number of carboxylic acids is 1. The van der Waals surface area contributed by atoms with Gasteiger partial charge in [0.25, 0.3) is 11.8 Å². The lowest BCUT2D eigenvalue weighted by Crippen LogP contribution is -2.72. The molecule has 7 heteroatoms. The van der Waals surface area contributed by atoms with E-state index in [0.29, 0.717) is 10.5 Å². The van der Waals surface area contributed by atoms with Crippen LogP contribution in [0.25, 0.3) is 0 Å². The first-order valence-electron chi connectivity index (χ1n) is 6.96. The van der Waals surface area contributed by atoms with Gasteiger partial charge in [0.15, 0.2) is 12.1 Å². The van der Waals surface area contributed by atoms with E-state index in [9.17, 15) is 18.8 Å². The third-order valence-corrected chi connectivity index (χ3v) is 3.64. The molecule has 1 aromatic rings. The summed E-state index contributed by atoms with van der Waals surface area (Å²) in [6.07, 6.45) is -1.91. The van der Waals surface area contributed by atoms with E-state index in [0.717, 1.165) is 5.56 Å². The molecule has 6 nitrogen and oxygen atoms in total. The molecule has 0 radical (unpaired) electrons. The highest BCUT2D eigenvalue weighted by Crippen LogP contribution is 2.27. The van der Waals surface area contributed by atoms with Gasteiger partial charge in [0, 0.05) is 5.56 Å². The Hall–Kier alpha value is -2.70. The van der Waals surface area contributed by atoms with Gasteiger partial charge in [0.05, 0.1) is 0 Å². The number of carbonyl (C=O) groups is 3. The molecular formula is C16H17FN2O4. The van der Waals surface area contributed by atoms with Crippen molar-refractivity contribution in [3.8, 4) is 0 Å². The summed E-state index contributed by atoms with van der Waals surface area (Å²) in [4.78, 5) is 35.7. The summed E-state index contributed by atoms with van der Waals surface area (Å²) < 4.78 is 14.2. The minimum absolute atomic E-state index is 0.136. The van der Waals surface area contributed by atoms with Crippen LogP contribution in [0.5, 0.6) is 0 Å². The fourth-order valence-electron chi connectivity index (χ4n) is 2.38. The molecule has 3 atom stereocenters. The molecule has 2 amide bonds. The van der Waals surface area contributed by atoms with Gasteiger partial charge in [-0.2, -0.15) is 0 Å². The molecule has 0 bridgehead atoms. The van der Waals surface area contributed by atoms with Crippen LogP contribution in [-0.2, 0) is 9.59 Å². The van der Waals surface area contributed by atoms with Crippen molar-refractivity contribution in [2.45, 2.75) is 32.2 Å². The van der Waals surface area contributed by atoms with Crippen molar-refractivity contribution >= 4 is 17.8 Å². The van der Waals surface area contributed by atoms with E-state index in [1.54, 1.807) is 24.3 Å². The molecule has 1 aliphatic heterocycles. The van der Waals surface area contributed by atoms with Crippen molar-refractivity contribution < 1.29 is 23.9 Å². The number of nitrogens with zero attached hydrogens (tertiary/aromatic N) is 1. The molecule has 2 N–H and O–H groups in total. The Morgan fingerprint density at radius 3 is 2.35 bits per heavy atom. The quantitative estimate of drug-likeness (QED) is 0.486. The van der Waals surface area contributed by atoms with Crippen molar-refractivity contribution in [1.82, 2.24) is 10.2 Å². The molecule has 1 fully saturated rings. The minimum Gasteiger partial charge on any atom is -0.479 e. The number of alkyl halides is 1.